The molecule has 1 aliphatic heterocycles. The minimum atomic E-state index is -3.14. The van der Waals surface area contributed by atoms with Gasteiger partial charge in [-0.2, -0.15) is 0 Å². The van der Waals surface area contributed by atoms with Gasteiger partial charge in [0, 0.05) is 31.7 Å². The SMILES string of the molecule is O=P1(C(NCc2ccccc2)c2ccccc2)N(Cc2ccccc2)[C@@H]2CCCC[C@H]2N1Cc1ccccc1. The van der Waals surface area contributed by atoms with Crippen molar-refractivity contribution in [3.8, 4) is 0 Å². The molecule has 4 aromatic rings. The summed E-state index contributed by atoms with van der Waals surface area (Å²) in [6.07, 6.45) is 4.57. The van der Waals surface area contributed by atoms with Crippen LogP contribution in [0, 0.1) is 0 Å². The average molecular weight is 536 g/mol. The molecule has 3 atom stereocenters. The van der Waals surface area contributed by atoms with Gasteiger partial charge < -0.3 is 0 Å². The van der Waals surface area contributed by atoms with Gasteiger partial charge in [-0.3, -0.25) is 9.88 Å². The van der Waals surface area contributed by atoms with Crippen LogP contribution in [-0.2, 0) is 24.2 Å². The van der Waals surface area contributed by atoms with E-state index in [1.54, 1.807) is 0 Å². The van der Waals surface area contributed by atoms with Crippen LogP contribution in [0.15, 0.2) is 121 Å². The summed E-state index contributed by atoms with van der Waals surface area (Å²) in [6, 6.07) is 42.7. The molecule has 1 saturated heterocycles. The number of hydrogen-bond donors (Lipinski definition) is 1. The lowest BCUT2D eigenvalue weighted by molar-refractivity contribution is 0.197. The molecule has 0 aromatic heterocycles. The molecule has 5 heteroatoms. The number of fused-ring (bicyclic) bond motifs is 1. The quantitative estimate of drug-likeness (QED) is 0.220. The Bertz CT molecular complexity index is 1310. The first kappa shape index (κ1) is 26.2. The third-order valence-corrected chi connectivity index (χ3v) is 11.9. The lowest BCUT2D eigenvalue weighted by Gasteiger charge is -2.38. The average Bonchev–Trinajstić information content (AvgIpc) is 3.23. The summed E-state index contributed by atoms with van der Waals surface area (Å²) in [7, 11) is -3.14. The van der Waals surface area contributed by atoms with E-state index in [1.165, 1.54) is 29.5 Å². The zero-order chi connectivity index (χ0) is 26.5. The molecule has 1 heterocycles. The third-order valence-electron chi connectivity index (χ3n) is 8.36. The van der Waals surface area contributed by atoms with Gasteiger partial charge in [0.25, 0.3) is 0 Å². The molecule has 2 fully saturated rings. The van der Waals surface area contributed by atoms with Crippen LogP contribution in [-0.4, -0.2) is 21.4 Å². The van der Waals surface area contributed by atoms with Gasteiger partial charge in [0.15, 0.2) is 0 Å². The predicted molar refractivity (Wildman–Crippen MR) is 160 cm³/mol. The van der Waals surface area contributed by atoms with E-state index >= 15 is 4.57 Å². The highest BCUT2D eigenvalue weighted by Crippen LogP contribution is 2.71. The molecule has 0 radical (unpaired) electrons. The van der Waals surface area contributed by atoms with Crippen molar-refractivity contribution in [2.24, 2.45) is 0 Å². The van der Waals surface area contributed by atoms with Crippen molar-refractivity contribution in [3.05, 3.63) is 144 Å². The summed E-state index contributed by atoms with van der Waals surface area (Å²) in [5.74, 6) is -0.308. The minimum Gasteiger partial charge on any atom is -0.298 e. The van der Waals surface area contributed by atoms with Crippen LogP contribution in [0.4, 0.5) is 0 Å². The maximum absolute atomic E-state index is 16.2. The van der Waals surface area contributed by atoms with E-state index in [9.17, 15) is 0 Å². The van der Waals surface area contributed by atoms with E-state index in [1.807, 2.05) is 12.1 Å². The van der Waals surface area contributed by atoms with Crippen molar-refractivity contribution in [1.29, 1.82) is 0 Å². The fourth-order valence-corrected chi connectivity index (χ4v) is 10.4. The van der Waals surface area contributed by atoms with Crippen LogP contribution in [0.25, 0.3) is 0 Å². The minimum absolute atomic E-state index is 0.276. The molecule has 1 N–H and O–H groups in total. The highest BCUT2D eigenvalue weighted by atomic mass is 31.2. The van der Waals surface area contributed by atoms with Crippen molar-refractivity contribution in [2.75, 3.05) is 0 Å². The predicted octanol–water partition coefficient (Wildman–Crippen LogP) is 8.00. The normalized spacial score (nSPS) is 21.8. The Morgan fingerprint density at radius 3 is 1.49 bits per heavy atom. The van der Waals surface area contributed by atoms with Crippen molar-refractivity contribution in [2.45, 2.75) is 63.2 Å². The molecule has 0 bridgehead atoms. The lowest BCUT2D eigenvalue weighted by Crippen LogP contribution is -2.39. The molecule has 1 aliphatic carbocycles. The Morgan fingerprint density at radius 1 is 0.615 bits per heavy atom. The molecule has 1 saturated carbocycles. The summed E-state index contributed by atoms with van der Waals surface area (Å²) in [5.41, 5.74) is 4.73. The summed E-state index contributed by atoms with van der Waals surface area (Å²) >= 11 is 0. The molecule has 4 nitrogen and oxygen atoms in total. The van der Waals surface area contributed by atoms with Crippen LogP contribution in [0.5, 0.6) is 0 Å². The fraction of sp³-hybridized carbons (Fsp3) is 0.294. The molecule has 4 aromatic carbocycles. The van der Waals surface area contributed by atoms with Crippen LogP contribution >= 0.6 is 7.44 Å². The number of rotatable bonds is 9. The molecule has 39 heavy (non-hydrogen) atoms. The van der Waals surface area contributed by atoms with Gasteiger partial charge >= 0.3 is 0 Å². The standard InChI is InChI=1S/C34H38N3OP/c38-39(34(31-21-11-4-12-22-31)35-25-28-15-5-1-6-16-28)36(26-29-17-7-2-8-18-29)32-23-13-14-24-33(32)37(39)27-30-19-9-3-10-20-30/h1-12,15-22,32-35H,13-14,23-27H2/t32-,33-,34?/m1/s1. The maximum Gasteiger partial charge on any atom is 0.238 e. The van der Waals surface area contributed by atoms with Crippen LogP contribution in [0.1, 0.15) is 53.7 Å². The molecular weight excluding hydrogens is 497 g/mol. The van der Waals surface area contributed by atoms with Gasteiger partial charge in [-0.1, -0.05) is 134 Å². The van der Waals surface area contributed by atoms with Crippen molar-refractivity contribution in [1.82, 2.24) is 14.7 Å². The summed E-state index contributed by atoms with van der Waals surface area (Å²) in [6.45, 7) is 2.06. The van der Waals surface area contributed by atoms with Gasteiger partial charge in [0.1, 0.15) is 5.78 Å². The fourth-order valence-electron chi connectivity index (χ4n) is 6.51. The van der Waals surface area contributed by atoms with E-state index in [0.29, 0.717) is 19.6 Å². The zero-order valence-corrected chi connectivity index (χ0v) is 23.4. The van der Waals surface area contributed by atoms with E-state index in [0.717, 1.165) is 18.4 Å². The smallest absolute Gasteiger partial charge is 0.238 e. The molecule has 1 unspecified atom stereocenters. The lowest BCUT2D eigenvalue weighted by atomic mass is 9.90. The van der Waals surface area contributed by atoms with Crippen molar-refractivity contribution >= 4 is 7.44 Å². The van der Waals surface area contributed by atoms with Gasteiger partial charge in [0.2, 0.25) is 7.44 Å². The third kappa shape index (κ3) is 5.53. The zero-order valence-electron chi connectivity index (χ0n) is 22.5. The first-order chi connectivity index (χ1) is 19.2. The molecule has 0 spiro atoms. The first-order valence-electron chi connectivity index (χ1n) is 14.3. The van der Waals surface area contributed by atoms with Gasteiger partial charge in [-0.15, -0.1) is 0 Å². The van der Waals surface area contributed by atoms with Crippen LogP contribution < -0.4 is 5.32 Å². The van der Waals surface area contributed by atoms with Crippen LogP contribution in [0.2, 0.25) is 0 Å². The van der Waals surface area contributed by atoms with E-state index in [-0.39, 0.29) is 17.9 Å². The largest absolute Gasteiger partial charge is 0.298 e. The molecule has 200 valence electrons. The molecule has 0 amide bonds. The van der Waals surface area contributed by atoms with Gasteiger partial charge in [0.05, 0.1) is 0 Å². The Labute approximate surface area is 233 Å². The van der Waals surface area contributed by atoms with E-state index in [4.69, 9.17) is 0 Å². The maximum atomic E-state index is 16.2. The second-order valence-electron chi connectivity index (χ2n) is 10.9. The Balaban J connectivity index is 1.47. The topological polar surface area (TPSA) is 35.6 Å². The monoisotopic (exact) mass is 535 g/mol. The molecule has 6 rings (SSSR count). The highest BCUT2D eigenvalue weighted by molar-refractivity contribution is 7.59. The number of nitrogens with zero attached hydrogens (tertiary/aromatic N) is 2. The van der Waals surface area contributed by atoms with E-state index in [2.05, 4.69) is 124 Å². The Kier molecular flexibility index (Phi) is 8.08. The van der Waals surface area contributed by atoms with Gasteiger partial charge in [-0.05, 0) is 35.1 Å². The summed E-state index contributed by atoms with van der Waals surface area (Å²) in [5, 5.41) is 3.83. The Morgan fingerprint density at radius 2 is 1.03 bits per heavy atom. The van der Waals surface area contributed by atoms with Crippen molar-refractivity contribution in [3.63, 3.8) is 0 Å². The highest BCUT2D eigenvalue weighted by Gasteiger charge is 2.58. The summed E-state index contributed by atoms with van der Waals surface area (Å²) < 4.78 is 21.0. The van der Waals surface area contributed by atoms with E-state index < -0.39 is 7.44 Å². The second-order valence-corrected chi connectivity index (χ2v) is 13.6. The first-order valence-corrected chi connectivity index (χ1v) is 16.0. The number of hydrogen-bond acceptors (Lipinski definition) is 2. The number of nitrogens with one attached hydrogen (secondary N) is 1. The van der Waals surface area contributed by atoms with Crippen LogP contribution in [0.3, 0.4) is 0 Å². The number of benzene rings is 4. The van der Waals surface area contributed by atoms with Crippen molar-refractivity contribution < 1.29 is 4.57 Å². The van der Waals surface area contributed by atoms with Gasteiger partial charge in [-0.25, -0.2) is 9.34 Å². The second kappa shape index (κ2) is 12.0. The Hall–Kier alpha value is -3.01. The molecule has 2 aliphatic rings. The summed E-state index contributed by atoms with van der Waals surface area (Å²) in [4.78, 5) is 0. The molecular formula is C34H38N3OP.